The van der Waals surface area contributed by atoms with E-state index in [1.54, 1.807) is 48.9 Å². The highest BCUT2D eigenvalue weighted by Crippen LogP contribution is 2.32. The van der Waals surface area contributed by atoms with Crippen molar-refractivity contribution in [2.24, 2.45) is 4.99 Å². The molecule has 9 nitrogen and oxygen atoms in total. The maximum absolute atomic E-state index is 14.3. The van der Waals surface area contributed by atoms with E-state index in [0.29, 0.717) is 37.7 Å². The van der Waals surface area contributed by atoms with Crippen LogP contribution in [0, 0.1) is 5.82 Å². The third-order valence-corrected chi connectivity index (χ3v) is 9.26. The van der Waals surface area contributed by atoms with Crippen molar-refractivity contribution in [3.63, 3.8) is 0 Å². The molecular weight excluding hydrogens is 642 g/mol. The number of nitrogens with one attached hydrogen (secondary N) is 2. The second kappa shape index (κ2) is 13.2. The Balaban J connectivity index is 1.29. The molecule has 1 atom stereocenters. The molecule has 11 heteroatoms. The Morgan fingerprint density at radius 1 is 0.918 bits per heavy atom. The number of ether oxygens (including phenoxy) is 1. The van der Waals surface area contributed by atoms with E-state index in [-0.39, 0.29) is 29.7 Å². The minimum Gasteiger partial charge on any atom is -0.497 e. The van der Waals surface area contributed by atoms with Gasteiger partial charge in [-0.2, -0.15) is 0 Å². The number of para-hydroxylation sites is 2. The average Bonchev–Trinajstić information content (AvgIpc) is 3.61. The van der Waals surface area contributed by atoms with Crippen LogP contribution in [-0.4, -0.2) is 28.1 Å². The Hall–Kier alpha value is -6.07. The van der Waals surface area contributed by atoms with Crippen molar-refractivity contribution in [1.29, 1.82) is 0 Å². The lowest BCUT2D eigenvalue weighted by molar-refractivity contribution is -0.116. The number of nitrogens with zero attached hydrogens (tertiary/aromatic N) is 3. The third kappa shape index (κ3) is 6.31. The summed E-state index contributed by atoms with van der Waals surface area (Å²) in [7, 11) is 1.58. The number of aromatic nitrogens is 2. The number of amides is 2. The van der Waals surface area contributed by atoms with Crippen LogP contribution in [0.1, 0.15) is 24.1 Å². The molecule has 0 spiro atoms. The molecule has 2 aromatic heterocycles. The highest BCUT2D eigenvalue weighted by atomic mass is 32.1. The first-order chi connectivity index (χ1) is 23.8. The number of allylic oxidation sites excluding steroid dienone is 1. The fourth-order valence-electron chi connectivity index (χ4n) is 5.98. The van der Waals surface area contributed by atoms with Gasteiger partial charge in [-0.3, -0.25) is 19.0 Å². The summed E-state index contributed by atoms with van der Waals surface area (Å²) in [4.78, 5) is 46.3. The number of halogens is 1. The average molecular weight is 672 g/mol. The molecule has 4 aromatic carbocycles. The van der Waals surface area contributed by atoms with Gasteiger partial charge < -0.3 is 19.9 Å². The molecule has 0 unspecified atom stereocenters. The molecule has 3 heterocycles. The zero-order valence-corrected chi connectivity index (χ0v) is 27.3. The van der Waals surface area contributed by atoms with Crippen molar-refractivity contribution in [2.45, 2.75) is 19.5 Å². The Kier molecular flexibility index (Phi) is 8.50. The van der Waals surface area contributed by atoms with Crippen LogP contribution in [0.4, 0.5) is 15.8 Å². The smallest absolute Gasteiger partial charge is 0.271 e. The zero-order valence-electron chi connectivity index (χ0n) is 26.5. The van der Waals surface area contributed by atoms with Gasteiger partial charge in [0.05, 0.1) is 29.0 Å². The lowest BCUT2D eigenvalue weighted by Gasteiger charge is -2.25. The fraction of sp³-hybridized carbons (Fsp3) is 0.105. The van der Waals surface area contributed by atoms with Gasteiger partial charge in [0.25, 0.3) is 11.5 Å². The molecule has 0 bridgehead atoms. The molecular formula is C38H30FN5O4S. The van der Waals surface area contributed by atoms with E-state index in [0.717, 1.165) is 22.0 Å². The minimum absolute atomic E-state index is 0.00350. The van der Waals surface area contributed by atoms with E-state index in [9.17, 15) is 18.8 Å². The zero-order chi connectivity index (χ0) is 34.1. The molecule has 1 aliphatic heterocycles. The summed E-state index contributed by atoms with van der Waals surface area (Å²) in [6.45, 7) is 1.78. The molecule has 244 valence electrons. The number of thiazole rings is 1. The highest BCUT2D eigenvalue weighted by Gasteiger charge is 2.32. The standard InChI is InChI=1S/C38H30FN5O4S/c1-23-34(36(46)42-27-8-4-3-5-9-27)35(24-12-18-29(48-2)19-13-24)44-37(47)32(49-38(44)40-23)20-25-21-43(31-11-7-6-10-30(25)31)22-33(45)41-28-16-14-26(39)15-17-28/h3-21,35H,22H2,1-2H3,(H,41,45)(H,42,46)/b32-20+/t35-/m1/s1. The predicted octanol–water partition coefficient (Wildman–Crippen LogP) is 5.62. The van der Waals surface area contributed by atoms with Gasteiger partial charge in [0.2, 0.25) is 5.91 Å². The first-order valence-electron chi connectivity index (χ1n) is 15.5. The van der Waals surface area contributed by atoms with Crippen LogP contribution in [0.5, 0.6) is 5.75 Å². The summed E-state index contributed by atoms with van der Waals surface area (Å²) in [5.74, 6) is -0.379. The summed E-state index contributed by atoms with van der Waals surface area (Å²) in [5, 5.41) is 6.62. The molecule has 49 heavy (non-hydrogen) atoms. The van der Waals surface area contributed by atoms with Crippen molar-refractivity contribution < 1.29 is 18.7 Å². The normalized spacial score (nSPS) is 14.3. The monoisotopic (exact) mass is 671 g/mol. The highest BCUT2D eigenvalue weighted by molar-refractivity contribution is 7.07. The molecule has 0 saturated heterocycles. The molecule has 2 amide bonds. The van der Waals surface area contributed by atoms with Crippen molar-refractivity contribution in [3.05, 3.63) is 157 Å². The van der Waals surface area contributed by atoms with E-state index in [1.165, 1.54) is 35.6 Å². The van der Waals surface area contributed by atoms with E-state index >= 15 is 0 Å². The predicted molar refractivity (Wildman–Crippen MR) is 189 cm³/mol. The quantitative estimate of drug-likeness (QED) is 0.219. The van der Waals surface area contributed by atoms with Crippen LogP contribution in [0.25, 0.3) is 17.0 Å². The molecule has 0 radical (unpaired) electrons. The SMILES string of the molecule is COc1ccc([C@@H]2C(C(=O)Nc3ccccc3)=C(C)N=c3s/c(=C/c4cn(CC(=O)Nc5ccc(F)cc5)c5ccccc45)c(=O)n32)cc1. The first-order valence-corrected chi connectivity index (χ1v) is 16.3. The van der Waals surface area contributed by atoms with Gasteiger partial charge in [0.1, 0.15) is 18.1 Å². The van der Waals surface area contributed by atoms with Crippen molar-refractivity contribution >= 4 is 51.5 Å². The van der Waals surface area contributed by atoms with Gasteiger partial charge in [0.15, 0.2) is 4.80 Å². The maximum Gasteiger partial charge on any atom is 0.271 e. The summed E-state index contributed by atoms with van der Waals surface area (Å²) in [6, 6.07) is 28.9. The fourth-order valence-corrected chi connectivity index (χ4v) is 7.02. The lowest BCUT2D eigenvalue weighted by Crippen LogP contribution is -2.40. The number of rotatable bonds is 8. The Bertz CT molecular complexity index is 2430. The number of hydrogen-bond acceptors (Lipinski definition) is 6. The Morgan fingerprint density at radius 3 is 2.35 bits per heavy atom. The third-order valence-electron chi connectivity index (χ3n) is 8.28. The molecule has 0 saturated carbocycles. The van der Waals surface area contributed by atoms with Gasteiger partial charge in [-0.15, -0.1) is 0 Å². The number of carbonyl (C=O) groups excluding carboxylic acids is 2. The molecule has 7 rings (SSSR count). The molecule has 6 aromatic rings. The van der Waals surface area contributed by atoms with Crippen molar-refractivity contribution in [2.75, 3.05) is 17.7 Å². The largest absolute Gasteiger partial charge is 0.497 e. The second-order valence-corrected chi connectivity index (χ2v) is 12.5. The lowest BCUT2D eigenvalue weighted by atomic mass is 9.95. The van der Waals surface area contributed by atoms with Gasteiger partial charge >= 0.3 is 0 Å². The molecule has 1 aliphatic rings. The number of methoxy groups -OCH3 is 1. The van der Waals surface area contributed by atoms with Crippen LogP contribution < -0.4 is 30.3 Å². The van der Waals surface area contributed by atoms with Crippen molar-refractivity contribution in [3.8, 4) is 5.75 Å². The summed E-state index contributed by atoms with van der Waals surface area (Å²) in [6.07, 6.45) is 3.63. The van der Waals surface area contributed by atoms with E-state index < -0.39 is 6.04 Å². The number of anilines is 2. The summed E-state index contributed by atoms with van der Waals surface area (Å²) >= 11 is 1.24. The number of benzene rings is 4. The Morgan fingerprint density at radius 2 is 1.61 bits per heavy atom. The molecule has 2 N–H and O–H groups in total. The second-order valence-electron chi connectivity index (χ2n) is 11.5. The van der Waals surface area contributed by atoms with Gasteiger partial charge in [-0.1, -0.05) is 59.9 Å². The maximum atomic E-state index is 14.3. The molecule has 0 aliphatic carbocycles. The van der Waals surface area contributed by atoms with Crippen LogP contribution in [0.15, 0.2) is 130 Å². The van der Waals surface area contributed by atoms with Gasteiger partial charge in [0, 0.05) is 34.0 Å². The topological polar surface area (TPSA) is 107 Å². The number of fused-ring (bicyclic) bond motifs is 2. The summed E-state index contributed by atoms with van der Waals surface area (Å²) in [5.41, 5.74) is 3.96. The summed E-state index contributed by atoms with van der Waals surface area (Å²) < 4.78 is 22.5. The Labute approximate surface area is 283 Å². The van der Waals surface area contributed by atoms with Crippen LogP contribution >= 0.6 is 11.3 Å². The van der Waals surface area contributed by atoms with Crippen LogP contribution in [0.2, 0.25) is 0 Å². The van der Waals surface area contributed by atoms with E-state index in [4.69, 9.17) is 9.73 Å². The number of hydrogen-bond donors (Lipinski definition) is 2. The van der Waals surface area contributed by atoms with Crippen LogP contribution in [-0.2, 0) is 16.1 Å². The number of carbonyl (C=O) groups is 2. The van der Waals surface area contributed by atoms with E-state index in [1.807, 2.05) is 65.4 Å². The first kappa shape index (κ1) is 31.5. The van der Waals surface area contributed by atoms with Crippen molar-refractivity contribution in [1.82, 2.24) is 9.13 Å². The van der Waals surface area contributed by atoms with Gasteiger partial charge in [-0.05, 0) is 73.2 Å². The molecule has 0 fully saturated rings. The van der Waals surface area contributed by atoms with E-state index in [2.05, 4.69) is 10.6 Å². The van der Waals surface area contributed by atoms with Gasteiger partial charge in [-0.25, -0.2) is 9.38 Å². The van der Waals surface area contributed by atoms with Crippen LogP contribution in [0.3, 0.4) is 0 Å². The minimum atomic E-state index is -0.746.